The number of nitrogens with one attached hydrogen (secondary N) is 1. The van der Waals surface area contributed by atoms with Crippen LogP contribution in [0.2, 0.25) is 5.02 Å². The molecule has 1 N–H and O–H groups in total. The van der Waals surface area contributed by atoms with Crippen LogP contribution in [0.25, 0.3) is 0 Å². The van der Waals surface area contributed by atoms with Crippen molar-refractivity contribution in [2.45, 2.75) is 6.92 Å². The van der Waals surface area contributed by atoms with Crippen molar-refractivity contribution in [1.29, 1.82) is 0 Å². The first kappa shape index (κ1) is 16.3. The van der Waals surface area contributed by atoms with E-state index in [0.29, 0.717) is 37.8 Å². The molecule has 0 fully saturated rings. The molecule has 0 aliphatic heterocycles. The van der Waals surface area contributed by atoms with Crippen LogP contribution in [-0.4, -0.2) is 17.5 Å². The van der Waals surface area contributed by atoms with Gasteiger partial charge in [-0.3, -0.25) is 4.79 Å². The molecule has 21 heavy (non-hydrogen) atoms. The van der Waals surface area contributed by atoms with Gasteiger partial charge in [-0.15, -0.1) is 0 Å². The molecule has 7 heteroatoms. The van der Waals surface area contributed by atoms with Crippen LogP contribution in [-0.2, 0) is 0 Å². The number of hydrogen-bond acceptors (Lipinski definition) is 3. The molecule has 1 amide bonds. The highest BCUT2D eigenvalue weighted by Crippen LogP contribution is 2.36. The summed E-state index contributed by atoms with van der Waals surface area (Å²) in [5.74, 6) is 0.191. The second-order valence-electron chi connectivity index (χ2n) is 4.00. The molecular formula is C14H11Br2ClN2O2. The normalized spacial score (nSPS) is 10.3. The minimum Gasteiger partial charge on any atom is -0.491 e. The molecule has 0 radical (unpaired) electrons. The molecule has 1 heterocycles. The first-order valence-electron chi connectivity index (χ1n) is 6.07. The fourth-order valence-corrected chi connectivity index (χ4v) is 2.93. The first-order chi connectivity index (χ1) is 10.0. The van der Waals surface area contributed by atoms with Gasteiger partial charge in [0.05, 0.1) is 16.8 Å². The summed E-state index contributed by atoms with van der Waals surface area (Å²) in [5, 5.41) is 3.25. The molecule has 110 valence electrons. The summed E-state index contributed by atoms with van der Waals surface area (Å²) in [6.45, 7) is 2.33. The number of carbonyl (C=O) groups excluding carboxylic acids is 1. The molecule has 2 rings (SSSR count). The Hall–Kier alpha value is -1.11. The Morgan fingerprint density at radius 3 is 2.81 bits per heavy atom. The van der Waals surface area contributed by atoms with E-state index in [4.69, 9.17) is 16.3 Å². The number of nitrogens with zero attached hydrogens (tertiary/aromatic N) is 1. The summed E-state index contributed by atoms with van der Waals surface area (Å²) in [6, 6.07) is 8.45. The van der Waals surface area contributed by atoms with Crippen molar-refractivity contribution in [1.82, 2.24) is 4.98 Å². The van der Waals surface area contributed by atoms with Crippen molar-refractivity contribution >= 4 is 55.1 Å². The van der Waals surface area contributed by atoms with E-state index in [0.717, 1.165) is 0 Å². The Bertz CT molecular complexity index is 680. The molecule has 0 unspecified atom stereocenters. The van der Waals surface area contributed by atoms with E-state index in [1.54, 1.807) is 30.3 Å². The van der Waals surface area contributed by atoms with E-state index in [2.05, 4.69) is 42.2 Å². The highest BCUT2D eigenvalue weighted by atomic mass is 79.9. The number of ether oxygens (including phenoxy) is 1. The van der Waals surface area contributed by atoms with Crippen molar-refractivity contribution in [2.75, 3.05) is 11.9 Å². The second-order valence-corrected chi connectivity index (χ2v) is 6.10. The third-order valence-electron chi connectivity index (χ3n) is 2.49. The van der Waals surface area contributed by atoms with E-state index in [1.807, 2.05) is 6.92 Å². The molecule has 1 aromatic carbocycles. The van der Waals surface area contributed by atoms with Crippen molar-refractivity contribution < 1.29 is 9.53 Å². The van der Waals surface area contributed by atoms with Crippen molar-refractivity contribution in [3.63, 3.8) is 0 Å². The quantitative estimate of drug-likeness (QED) is 0.696. The highest BCUT2D eigenvalue weighted by molar-refractivity contribution is 9.10. The third kappa shape index (κ3) is 4.18. The number of halogens is 3. The monoisotopic (exact) mass is 432 g/mol. The van der Waals surface area contributed by atoms with E-state index in [9.17, 15) is 4.79 Å². The fourth-order valence-electron chi connectivity index (χ4n) is 1.67. The van der Waals surface area contributed by atoms with Crippen LogP contribution in [0, 0.1) is 0 Å². The van der Waals surface area contributed by atoms with Crippen LogP contribution < -0.4 is 10.1 Å². The summed E-state index contributed by atoms with van der Waals surface area (Å²) in [6.07, 6.45) is 0. The highest BCUT2D eigenvalue weighted by Gasteiger charge is 2.15. The molecule has 0 spiro atoms. The molecule has 0 saturated carbocycles. The number of aromatic nitrogens is 1. The Kier molecular flexibility index (Phi) is 5.61. The number of carbonyl (C=O) groups is 1. The number of benzene rings is 1. The molecule has 1 aromatic heterocycles. The minimum absolute atomic E-state index is 0.294. The van der Waals surface area contributed by atoms with Crippen LogP contribution in [0.15, 0.2) is 39.4 Å². The molecule has 2 aromatic rings. The van der Waals surface area contributed by atoms with Gasteiger partial charge in [-0.2, -0.15) is 0 Å². The van der Waals surface area contributed by atoms with Gasteiger partial charge < -0.3 is 10.1 Å². The summed E-state index contributed by atoms with van der Waals surface area (Å²) in [7, 11) is 0. The summed E-state index contributed by atoms with van der Waals surface area (Å²) in [5.41, 5.74) is 0.783. The zero-order valence-electron chi connectivity index (χ0n) is 11.0. The predicted molar refractivity (Wildman–Crippen MR) is 90.2 cm³/mol. The summed E-state index contributed by atoms with van der Waals surface area (Å²) < 4.78 is 6.80. The lowest BCUT2D eigenvalue weighted by Gasteiger charge is -2.13. The summed E-state index contributed by atoms with van der Waals surface area (Å²) >= 11 is 12.6. The number of anilines is 1. The Morgan fingerprint density at radius 2 is 2.14 bits per heavy atom. The lowest BCUT2D eigenvalue weighted by atomic mass is 10.2. The first-order valence-corrected chi connectivity index (χ1v) is 8.03. The molecular weight excluding hydrogens is 423 g/mol. The van der Waals surface area contributed by atoms with Gasteiger partial charge in [0.25, 0.3) is 5.91 Å². The van der Waals surface area contributed by atoms with E-state index < -0.39 is 0 Å². The maximum atomic E-state index is 12.2. The Morgan fingerprint density at radius 1 is 1.38 bits per heavy atom. The molecule has 0 aliphatic rings. The maximum absolute atomic E-state index is 12.2. The van der Waals surface area contributed by atoms with Crippen LogP contribution in [0.1, 0.15) is 17.4 Å². The Balaban J connectivity index is 2.32. The standard InChI is InChI=1S/C14H11Br2ClN2O2/c1-2-21-13-9(15)6-8(17)7-11(13)19-14(20)10-4-3-5-12(16)18-10/h3-7H,2H2,1H3,(H,19,20). The minimum atomic E-state index is -0.341. The van der Waals surface area contributed by atoms with Gasteiger partial charge in [0.1, 0.15) is 10.3 Å². The average molecular weight is 435 g/mol. The zero-order chi connectivity index (χ0) is 15.4. The van der Waals surface area contributed by atoms with Gasteiger partial charge in [0.15, 0.2) is 5.75 Å². The number of pyridine rings is 1. The zero-order valence-corrected chi connectivity index (χ0v) is 14.9. The fraction of sp³-hybridized carbons (Fsp3) is 0.143. The van der Waals surface area contributed by atoms with Gasteiger partial charge in [-0.05, 0) is 63.0 Å². The van der Waals surface area contributed by atoms with Crippen LogP contribution in [0.4, 0.5) is 5.69 Å². The van der Waals surface area contributed by atoms with Gasteiger partial charge in [-0.1, -0.05) is 17.7 Å². The van der Waals surface area contributed by atoms with Crippen molar-refractivity contribution in [3.8, 4) is 5.75 Å². The van der Waals surface area contributed by atoms with Gasteiger partial charge >= 0.3 is 0 Å². The third-order valence-corrected chi connectivity index (χ3v) is 3.74. The van der Waals surface area contributed by atoms with Crippen LogP contribution >= 0.6 is 43.5 Å². The molecule has 0 saturated heterocycles. The smallest absolute Gasteiger partial charge is 0.274 e. The van der Waals surface area contributed by atoms with E-state index >= 15 is 0 Å². The molecule has 4 nitrogen and oxygen atoms in total. The largest absolute Gasteiger partial charge is 0.491 e. The van der Waals surface area contributed by atoms with Crippen molar-refractivity contribution in [2.24, 2.45) is 0 Å². The molecule has 0 bridgehead atoms. The Labute approximate surface area is 144 Å². The second kappa shape index (κ2) is 7.24. The topological polar surface area (TPSA) is 51.2 Å². The van der Waals surface area contributed by atoms with Gasteiger partial charge in [-0.25, -0.2) is 4.98 Å². The molecule has 0 atom stereocenters. The van der Waals surface area contributed by atoms with Crippen LogP contribution in [0.3, 0.4) is 0 Å². The maximum Gasteiger partial charge on any atom is 0.274 e. The summed E-state index contributed by atoms with van der Waals surface area (Å²) in [4.78, 5) is 16.3. The van der Waals surface area contributed by atoms with E-state index in [1.165, 1.54) is 0 Å². The number of rotatable bonds is 4. The lowest BCUT2D eigenvalue weighted by molar-refractivity contribution is 0.102. The van der Waals surface area contributed by atoms with Gasteiger partial charge in [0, 0.05) is 5.02 Å². The number of amides is 1. The van der Waals surface area contributed by atoms with Crippen molar-refractivity contribution in [3.05, 3.63) is 50.1 Å². The van der Waals surface area contributed by atoms with Gasteiger partial charge in [0.2, 0.25) is 0 Å². The predicted octanol–water partition coefficient (Wildman–Crippen LogP) is 4.91. The molecule has 0 aliphatic carbocycles. The lowest BCUT2D eigenvalue weighted by Crippen LogP contribution is -2.14. The average Bonchev–Trinajstić information content (AvgIpc) is 2.42. The SMILES string of the molecule is CCOc1c(Br)cc(Cl)cc1NC(=O)c1cccc(Br)n1. The van der Waals surface area contributed by atoms with E-state index in [-0.39, 0.29) is 5.91 Å². The number of hydrogen-bond donors (Lipinski definition) is 1. The van der Waals surface area contributed by atoms with Crippen LogP contribution in [0.5, 0.6) is 5.75 Å².